The lowest BCUT2D eigenvalue weighted by Gasteiger charge is -2.33. The molecule has 0 aliphatic carbocycles. The van der Waals surface area contributed by atoms with Crippen molar-refractivity contribution < 1.29 is 9.47 Å². The molecule has 1 aromatic carbocycles. The minimum atomic E-state index is 0.0280. The first-order valence-electron chi connectivity index (χ1n) is 8.59. The minimum Gasteiger partial charge on any atom is -0.493 e. The molecule has 140 valence electrons. The number of fused-ring (bicyclic) bond motifs is 1. The fourth-order valence-corrected chi connectivity index (χ4v) is 3.18. The third-order valence-corrected chi connectivity index (χ3v) is 4.73. The first kappa shape index (κ1) is 18.2. The molecular formula is C18H26N6O2. The molecule has 1 atom stereocenters. The van der Waals surface area contributed by atoms with Crippen LogP contribution in [0.4, 0.5) is 11.9 Å². The molecular weight excluding hydrogens is 332 g/mol. The Morgan fingerprint density at radius 1 is 1.08 bits per heavy atom. The van der Waals surface area contributed by atoms with Crippen LogP contribution in [-0.4, -0.2) is 54.7 Å². The zero-order valence-electron chi connectivity index (χ0n) is 16.0. The standard InChI is InChI=1S/C18H26N6O2/c1-11(16-20-17(19)22-18(21-16)23(2)3)24-7-6-12-8-14(25-4)15(26-5)9-13(12)10-24/h8-9,11H,6-7,10H2,1-5H3,(H2,19,20,21,22)/t11-/m1/s1. The highest BCUT2D eigenvalue weighted by molar-refractivity contribution is 5.48. The van der Waals surface area contributed by atoms with Crippen LogP contribution < -0.4 is 20.1 Å². The number of nitrogens with two attached hydrogens (primary N) is 1. The quantitative estimate of drug-likeness (QED) is 0.863. The van der Waals surface area contributed by atoms with E-state index in [-0.39, 0.29) is 12.0 Å². The maximum Gasteiger partial charge on any atom is 0.229 e. The first-order valence-corrected chi connectivity index (χ1v) is 8.59. The van der Waals surface area contributed by atoms with Gasteiger partial charge in [0.15, 0.2) is 17.3 Å². The highest BCUT2D eigenvalue weighted by Gasteiger charge is 2.26. The van der Waals surface area contributed by atoms with Crippen molar-refractivity contribution in [2.45, 2.75) is 25.9 Å². The van der Waals surface area contributed by atoms with E-state index < -0.39 is 0 Å². The van der Waals surface area contributed by atoms with Crippen molar-refractivity contribution in [3.05, 3.63) is 29.1 Å². The summed E-state index contributed by atoms with van der Waals surface area (Å²) in [6.45, 7) is 3.80. The fourth-order valence-electron chi connectivity index (χ4n) is 3.18. The van der Waals surface area contributed by atoms with Crippen molar-refractivity contribution in [2.75, 3.05) is 45.5 Å². The second-order valence-corrected chi connectivity index (χ2v) is 6.62. The van der Waals surface area contributed by atoms with Crippen molar-refractivity contribution in [2.24, 2.45) is 0 Å². The monoisotopic (exact) mass is 358 g/mol. The molecule has 26 heavy (non-hydrogen) atoms. The molecule has 1 aliphatic heterocycles. The Bertz CT molecular complexity index is 795. The smallest absolute Gasteiger partial charge is 0.229 e. The van der Waals surface area contributed by atoms with Gasteiger partial charge in [0.25, 0.3) is 0 Å². The van der Waals surface area contributed by atoms with Crippen LogP contribution in [0.2, 0.25) is 0 Å². The number of rotatable bonds is 5. The van der Waals surface area contributed by atoms with E-state index in [1.165, 1.54) is 11.1 Å². The van der Waals surface area contributed by atoms with E-state index in [2.05, 4.69) is 38.9 Å². The van der Waals surface area contributed by atoms with Crippen molar-refractivity contribution in [3.8, 4) is 11.5 Å². The van der Waals surface area contributed by atoms with E-state index in [0.717, 1.165) is 31.0 Å². The SMILES string of the molecule is COc1cc2c(cc1OC)CN([C@H](C)c1nc(N)nc(N(C)C)n1)CC2. The largest absolute Gasteiger partial charge is 0.493 e. The molecule has 0 bridgehead atoms. The van der Waals surface area contributed by atoms with Crippen LogP contribution in [-0.2, 0) is 13.0 Å². The summed E-state index contributed by atoms with van der Waals surface area (Å²) in [6.07, 6.45) is 0.932. The highest BCUT2D eigenvalue weighted by atomic mass is 16.5. The van der Waals surface area contributed by atoms with Gasteiger partial charge >= 0.3 is 0 Å². The Balaban J connectivity index is 1.86. The summed E-state index contributed by atoms with van der Waals surface area (Å²) in [7, 11) is 7.10. The van der Waals surface area contributed by atoms with Gasteiger partial charge in [-0.1, -0.05) is 0 Å². The van der Waals surface area contributed by atoms with E-state index >= 15 is 0 Å². The average molecular weight is 358 g/mol. The van der Waals surface area contributed by atoms with Crippen molar-refractivity contribution in [1.29, 1.82) is 0 Å². The summed E-state index contributed by atoms with van der Waals surface area (Å²) in [5.74, 6) is 3.02. The average Bonchev–Trinajstić information content (AvgIpc) is 2.65. The summed E-state index contributed by atoms with van der Waals surface area (Å²) in [5, 5.41) is 0. The normalized spacial score (nSPS) is 15.3. The maximum atomic E-state index is 5.87. The number of hydrogen-bond acceptors (Lipinski definition) is 8. The Morgan fingerprint density at radius 3 is 2.35 bits per heavy atom. The van der Waals surface area contributed by atoms with E-state index in [4.69, 9.17) is 15.2 Å². The van der Waals surface area contributed by atoms with Crippen LogP contribution in [0.3, 0.4) is 0 Å². The summed E-state index contributed by atoms with van der Waals surface area (Å²) in [5.41, 5.74) is 8.39. The van der Waals surface area contributed by atoms with Crippen molar-refractivity contribution in [1.82, 2.24) is 19.9 Å². The second kappa shape index (κ2) is 7.33. The van der Waals surface area contributed by atoms with Gasteiger partial charge in [-0.05, 0) is 36.6 Å². The van der Waals surface area contributed by atoms with Crippen LogP contribution in [0.5, 0.6) is 11.5 Å². The van der Waals surface area contributed by atoms with Crippen LogP contribution in [0, 0.1) is 0 Å². The number of aromatic nitrogens is 3. The summed E-state index contributed by atoms with van der Waals surface area (Å²) in [4.78, 5) is 17.3. The summed E-state index contributed by atoms with van der Waals surface area (Å²) in [6, 6.07) is 4.15. The predicted octanol–water partition coefficient (Wildman–Crippen LogP) is 1.66. The van der Waals surface area contributed by atoms with Gasteiger partial charge in [0, 0.05) is 27.2 Å². The molecule has 8 nitrogen and oxygen atoms in total. The van der Waals surface area contributed by atoms with E-state index in [9.17, 15) is 0 Å². The molecule has 0 radical (unpaired) electrons. The van der Waals surface area contributed by atoms with Gasteiger partial charge in [-0.15, -0.1) is 0 Å². The molecule has 8 heteroatoms. The number of nitrogens with zero attached hydrogens (tertiary/aromatic N) is 5. The zero-order valence-corrected chi connectivity index (χ0v) is 16.0. The number of nitrogen functional groups attached to an aromatic ring is 1. The molecule has 2 heterocycles. The Hall–Kier alpha value is -2.61. The molecule has 2 N–H and O–H groups in total. The summed E-state index contributed by atoms with van der Waals surface area (Å²) < 4.78 is 10.9. The van der Waals surface area contributed by atoms with Gasteiger partial charge in [0.2, 0.25) is 11.9 Å². The van der Waals surface area contributed by atoms with Gasteiger partial charge < -0.3 is 20.1 Å². The van der Waals surface area contributed by atoms with Crippen LogP contribution in [0.25, 0.3) is 0 Å². The molecule has 1 aromatic heterocycles. The number of ether oxygens (including phenoxy) is 2. The Morgan fingerprint density at radius 2 is 1.73 bits per heavy atom. The highest BCUT2D eigenvalue weighted by Crippen LogP contribution is 2.35. The second-order valence-electron chi connectivity index (χ2n) is 6.62. The van der Waals surface area contributed by atoms with Crippen molar-refractivity contribution in [3.63, 3.8) is 0 Å². The first-order chi connectivity index (χ1) is 12.4. The van der Waals surface area contributed by atoms with Crippen molar-refractivity contribution >= 4 is 11.9 Å². The Kier molecular flexibility index (Phi) is 5.13. The third kappa shape index (κ3) is 3.50. The molecule has 0 saturated carbocycles. The molecule has 0 saturated heterocycles. The van der Waals surface area contributed by atoms with Crippen LogP contribution >= 0.6 is 0 Å². The number of hydrogen-bond donors (Lipinski definition) is 1. The third-order valence-electron chi connectivity index (χ3n) is 4.73. The Labute approximate surface area is 154 Å². The number of methoxy groups -OCH3 is 2. The van der Waals surface area contributed by atoms with Crippen LogP contribution in [0.1, 0.15) is 29.9 Å². The van der Waals surface area contributed by atoms with Gasteiger partial charge in [0.1, 0.15) is 0 Å². The van der Waals surface area contributed by atoms with Gasteiger partial charge in [0.05, 0.1) is 20.3 Å². The van der Waals surface area contributed by atoms with Gasteiger partial charge in [-0.3, -0.25) is 4.90 Å². The van der Waals surface area contributed by atoms with Gasteiger partial charge in [-0.2, -0.15) is 15.0 Å². The molecule has 3 rings (SSSR count). The fraction of sp³-hybridized carbons (Fsp3) is 0.500. The lowest BCUT2D eigenvalue weighted by Crippen LogP contribution is -2.34. The predicted molar refractivity (Wildman–Crippen MR) is 101 cm³/mol. The lowest BCUT2D eigenvalue weighted by molar-refractivity contribution is 0.184. The topological polar surface area (TPSA) is 89.6 Å². The molecule has 2 aromatic rings. The molecule has 0 amide bonds. The minimum absolute atomic E-state index is 0.0280. The summed E-state index contributed by atoms with van der Waals surface area (Å²) >= 11 is 0. The maximum absolute atomic E-state index is 5.87. The van der Waals surface area contributed by atoms with Gasteiger partial charge in [-0.25, -0.2) is 0 Å². The number of benzene rings is 1. The number of anilines is 2. The molecule has 1 aliphatic rings. The molecule has 0 fully saturated rings. The van der Waals surface area contributed by atoms with E-state index in [0.29, 0.717) is 11.8 Å². The van der Waals surface area contributed by atoms with E-state index in [1.54, 1.807) is 14.2 Å². The zero-order chi connectivity index (χ0) is 18.8. The van der Waals surface area contributed by atoms with E-state index in [1.807, 2.05) is 19.0 Å². The molecule has 0 spiro atoms. The van der Waals surface area contributed by atoms with Crippen LogP contribution in [0.15, 0.2) is 12.1 Å². The lowest BCUT2D eigenvalue weighted by atomic mass is 9.97. The molecule has 0 unspecified atom stereocenters.